The van der Waals surface area contributed by atoms with Crippen molar-refractivity contribution in [3.63, 3.8) is 0 Å². The monoisotopic (exact) mass is 296 g/mol. The van der Waals surface area contributed by atoms with Gasteiger partial charge in [0.05, 0.1) is 0 Å². The third-order valence-electron chi connectivity index (χ3n) is 4.33. The second-order valence-corrected chi connectivity index (χ2v) is 5.78. The summed E-state index contributed by atoms with van der Waals surface area (Å²) in [5, 5.41) is 7.91. The van der Waals surface area contributed by atoms with Crippen molar-refractivity contribution in [3.05, 3.63) is 85.6 Å². The molecule has 0 aliphatic heterocycles. The maximum absolute atomic E-state index is 3.95. The van der Waals surface area contributed by atoms with Crippen molar-refractivity contribution >= 4 is 32.3 Å². The van der Waals surface area contributed by atoms with E-state index in [4.69, 9.17) is 0 Å². The van der Waals surface area contributed by atoms with Crippen LogP contribution in [0.4, 0.5) is 0 Å². The zero-order valence-corrected chi connectivity index (χ0v) is 14.5. The molecule has 0 N–H and O–H groups in total. The standard InChI is InChI=1S/C22H18.2Li/c1-2-3-7-16-10-6-11-17-12-13-20-14-18-8-4-5-9-19(18)15-21(20)22(16)17;;/h4-15H,1-3H2;;/q-2;2*+1. The number of unbranched alkanes of at least 4 members (excludes halogenated alkanes) is 1. The zero-order valence-electron chi connectivity index (χ0n) is 14.5. The van der Waals surface area contributed by atoms with Gasteiger partial charge in [-0.15, -0.1) is 17.9 Å². The van der Waals surface area contributed by atoms with Crippen molar-refractivity contribution in [2.75, 3.05) is 0 Å². The van der Waals surface area contributed by atoms with Crippen LogP contribution in [-0.2, 0) is 0 Å². The van der Waals surface area contributed by atoms with E-state index < -0.39 is 0 Å². The van der Waals surface area contributed by atoms with Gasteiger partial charge in [0.2, 0.25) is 0 Å². The van der Waals surface area contributed by atoms with Crippen LogP contribution >= 0.6 is 0 Å². The summed E-state index contributed by atoms with van der Waals surface area (Å²) < 4.78 is 0. The van der Waals surface area contributed by atoms with Crippen LogP contribution in [0, 0.1) is 13.3 Å². The molecular formula is C22H18Li2. The topological polar surface area (TPSA) is 0 Å². The molecule has 0 spiro atoms. The van der Waals surface area contributed by atoms with E-state index in [1.165, 1.54) is 37.9 Å². The molecule has 0 fully saturated rings. The van der Waals surface area contributed by atoms with E-state index in [1.54, 1.807) is 0 Å². The average molecular weight is 296 g/mol. The van der Waals surface area contributed by atoms with Crippen LogP contribution < -0.4 is 37.7 Å². The fourth-order valence-corrected chi connectivity index (χ4v) is 3.26. The summed E-state index contributed by atoms with van der Waals surface area (Å²) in [5.41, 5.74) is 1.32. The quantitative estimate of drug-likeness (QED) is 0.221. The number of fused-ring (bicyclic) bond motifs is 4. The Hall–Kier alpha value is -1.28. The van der Waals surface area contributed by atoms with Crippen LogP contribution in [-0.4, -0.2) is 0 Å². The third kappa shape index (κ3) is 3.40. The minimum atomic E-state index is 0. The Kier molecular flexibility index (Phi) is 6.51. The largest absolute Gasteiger partial charge is 1.00 e. The minimum absolute atomic E-state index is 0. The molecule has 0 heterocycles. The van der Waals surface area contributed by atoms with Crippen LogP contribution in [0.3, 0.4) is 0 Å². The van der Waals surface area contributed by atoms with Gasteiger partial charge in [-0.3, -0.25) is 0 Å². The van der Waals surface area contributed by atoms with Gasteiger partial charge in [-0.2, -0.15) is 24.5 Å². The van der Waals surface area contributed by atoms with Gasteiger partial charge in [0.1, 0.15) is 0 Å². The van der Waals surface area contributed by atoms with Crippen molar-refractivity contribution < 1.29 is 37.7 Å². The predicted octanol–water partition coefficient (Wildman–Crippen LogP) is 0.321. The molecule has 0 saturated carbocycles. The maximum atomic E-state index is 3.95. The third-order valence-corrected chi connectivity index (χ3v) is 4.33. The summed E-state index contributed by atoms with van der Waals surface area (Å²) in [5.74, 6) is 0. The van der Waals surface area contributed by atoms with E-state index >= 15 is 0 Å². The molecule has 0 aromatic heterocycles. The Morgan fingerprint density at radius 1 is 0.708 bits per heavy atom. The first kappa shape index (κ1) is 19.1. The van der Waals surface area contributed by atoms with Gasteiger partial charge in [-0.25, -0.2) is 0 Å². The van der Waals surface area contributed by atoms with Crippen LogP contribution in [0.2, 0.25) is 0 Å². The van der Waals surface area contributed by atoms with Crippen molar-refractivity contribution in [3.8, 4) is 0 Å². The molecule has 0 aliphatic rings. The van der Waals surface area contributed by atoms with Crippen molar-refractivity contribution in [2.45, 2.75) is 12.8 Å². The minimum Gasteiger partial charge on any atom is -0.344 e. The molecule has 0 saturated heterocycles. The van der Waals surface area contributed by atoms with Gasteiger partial charge in [0.15, 0.2) is 0 Å². The SMILES string of the molecule is [CH2-]CC[CH-]c1cccc2ccc3cc4ccccc4cc3c12.[Li+].[Li+]. The molecule has 0 amide bonds. The molecule has 0 unspecified atom stereocenters. The second-order valence-electron chi connectivity index (χ2n) is 5.78. The number of hydrogen-bond acceptors (Lipinski definition) is 0. The Balaban J connectivity index is 0.00000104. The van der Waals surface area contributed by atoms with Crippen molar-refractivity contribution in [1.82, 2.24) is 0 Å². The molecule has 0 bridgehead atoms. The summed E-state index contributed by atoms with van der Waals surface area (Å²) in [6.07, 6.45) is 4.26. The molecule has 0 radical (unpaired) electrons. The average Bonchev–Trinajstić information content (AvgIpc) is 2.57. The predicted molar refractivity (Wildman–Crippen MR) is 97.0 cm³/mol. The van der Waals surface area contributed by atoms with E-state index in [-0.39, 0.29) is 37.7 Å². The molecule has 2 heteroatoms. The van der Waals surface area contributed by atoms with Crippen LogP contribution in [0.5, 0.6) is 0 Å². The Bertz CT molecular complexity index is 973. The Morgan fingerprint density at radius 3 is 2.12 bits per heavy atom. The maximum Gasteiger partial charge on any atom is 1.00 e. The Labute approximate surface area is 168 Å². The van der Waals surface area contributed by atoms with Gasteiger partial charge >= 0.3 is 37.7 Å². The van der Waals surface area contributed by atoms with Crippen LogP contribution in [0.1, 0.15) is 18.4 Å². The number of rotatable bonds is 3. The molecule has 0 atom stereocenters. The second kappa shape index (κ2) is 8.20. The van der Waals surface area contributed by atoms with E-state index in [0.717, 1.165) is 12.8 Å². The van der Waals surface area contributed by atoms with E-state index in [1.807, 2.05) is 0 Å². The molecule has 0 aliphatic carbocycles. The van der Waals surface area contributed by atoms with Gasteiger partial charge in [-0.05, 0) is 22.2 Å². The molecule has 108 valence electrons. The number of hydrogen-bond donors (Lipinski definition) is 0. The first-order chi connectivity index (χ1) is 10.9. The molecule has 0 nitrogen and oxygen atoms in total. The summed E-state index contributed by atoms with van der Waals surface area (Å²) in [6, 6.07) is 24.2. The molecule has 24 heavy (non-hydrogen) atoms. The summed E-state index contributed by atoms with van der Waals surface area (Å²) in [4.78, 5) is 0. The molecule has 4 rings (SSSR count). The Morgan fingerprint density at radius 2 is 1.38 bits per heavy atom. The molecular weight excluding hydrogens is 278 g/mol. The fraction of sp³-hybridized carbons (Fsp3) is 0.0909. The van der Waals surface area contributed by atoms with Crippen LogP contribution in [0.25, 0.3) is 32.3 Å². The first-order valence-electron chi connectivity index (χ1n) is 7.83. The van der Waals surface area contributed by atoms with Crippen molar-refractivity contribution in [2.24, 2.45) is 0 Å². The summed E-state index contributed by atoms with van der Waals surface area (Å²) in [7, 11) is 0. The number of benzene rings is 4. The smallest absolute Gasteiger partial charge is 0.344 e. The molecule has 4 aromatic rings. The van der Waals surface area contributed by atoms with E-state index in [9.17, 15) is 0 Å². The normalized spacial score (nSPS) is 10.4. The van der Waals surface area contributed by atoms with E-state index in [2.05, 4.69) is 80.1 Å². The first-order valence-corrected chi connectivity index (χ1v) is 7.83. The fourth-order valence-electron chi connectivity index (χ4n) is 3.26. The summed E-state index contributed by atoms with van der Waals surface area (Å²) in [6.45, 7) is 3.95. The van der Waals surface area contributed by atoms with E-state index in [0.29, 0.717) is 0 Å². The zero-order chi connectivity index (χ0) is 14.9. The van der Waals surface area contributed by atoms with Gasteiger partial charge in [0.25, 0.3) is 0 Å². The molecule has 4 aromatic carbocycles. The van der Waals surface area contributed by atoms with Crippen LogP contribution in [0.15, 0.2) is 66.7 Å². The van der Waals surface area contributed by atoms with Gasteiger partial charge in [-0.1, -0.05) is 59.3 Å². The summed E-state index contributed by atoms with van der Waals surface area (Å²) >= 11 is 0. The van der Waals surface area contributed by atoms with Gasteiger partial charge < -0.3 is 6.92 Å². The van der Waals surface area contributed by atoms with Crippen molar-refractivity contribution in [1.29, 1.82) is 0 Å². The van der Waals surface area contributed by atoms with Gasteiger partial charge in [0, 0.05) is 0 Å².